The predicted octanol–water partition coefficient (Wildman–Crippen LogP) is 4.19. The fourth-order valence-corrected chi connectivity index (χ4v) is 3.45. The Morgan fingerprint density at radius 1 is 0.960 bits per heavy atom. The molecule has 0 saturated heterocycles. The van der Waals surface area contributed by atoms with Crippen LogP contribution in [0.5, 0.6) is 0 Å². The molecule has 0 saturated carbocycles. The second kappa shape index (κ2) is 5.11. The van der Waals surface area contributed by atoms with E-state index in [1.54, 1.807) is 16.8 Å². The molecule has 4 nitrogen and oxygen atoms in total. The van der Waals surface area contributed by atoms with Crippen molar-refractivity contribution in [2.24, 2.45) is 0 Å². The van der Waals surface area contributed by atoms with Gasteiger partial charge in [-0.3, -0.25) is 0 Å². The highest BCUT2D eigenvalue weighted by atomic mass is 19.2. The van der Waals surface area contributed by atoms with Crippen molar-refractivity contribution in [1.82, 2.24) is 14.6 Å². The first-order valence-corrected chi connectivity index (χ1v) is 7.86. The van der Waals surface area contributed by atoms with Gasteiger partial charge in [0.05, 0.1) is 11.6 Å². The minimum Gasteiger partial charge on any atom is -0.373 e. The minimum atomic E-state index is -0.864. The molecule has 0 amide bonds. The molecule has 25 heavy (non-hydrogen) atoms. The van der Waals surface area contributed by atoms with Gasteiger partial charge in [-0.1, -0.05) is 30.3 Å². The highest BCUT2D eigenvalue weighted by Crippen LogP contribution is 2.41. The molecule has 1 aliphatic heterocycles. The molecular weight excluding hydrogens is 322 g/mol. The third kappa shape index (κ3) is 1.97. The van der Waals surface area contributed by atoms with Crippen LogP contribution in [0.25, 0.3) is 16.8 Å². The zero-order valence-electron chi connectivity index (χ0n) is 12.9. The van der Waals surface area contributed by atoms with E-state index in [2.05, 4.69) is 15.4 Å². The van der Waals surface area contributed by atoms with E-state index >= 15 is 0 Å². The highest BCUT2D eigenvalue weighted by molar-refractivity contribution is 5.89. The summed E-state index contributed by atoms with van der Waals surface area (Å²) in [5.74, 6) is -1.71. The predicted molar refractivity (Wildman–Crippen MR) is 90.2 cm³/mol. The lowest BCUT2D eigenvalue weighted by Gasteiger charge is -2.20. The molecule has 0 spiro atoms. The maximum absolute atomic E-state index is 14.5. The fraction of sp³-hybridized carbons (Fsp3) is 0.0526. The fourth-order valence-electron chi connectivity index (χ4n) is 3.45. The molecule has 1 aliphatic rings. The molecule has 4 aromatic rings. The van der Waals surface area contributed by atoms with Gasteiger partial charge in [0.1, 0.15) is 12.0 Å². The number of rotatable bonds is 1. The van der Waals surface area contributed by atoms with Gasteiger partial charge in [-0.15, -0.1) is 0 Å². The summed E-state index contributed by atoms with van der Waals surface area (Å²) in [5.41, 5.74) is 4.31. The third-order valence-electron chi connectivity index (χ3n) is 4.57. The molecule has 2 aromatic heterocycles. The topological polar surface area (TPSA) is 42.2 Å². The van der Waals surface area contributed by atoms with Crippen LogP contribution in [0.15, 0.2) is 61.1 Å². The van der Waals surface area contributed by atoms with E-state index in [9.17, 15) is 8.78 Å². The molecule has 1 N–H and O–H groups in total. The lowest BCUT2D eigenvalue weighted by Crippen LogP contribution is -2.14. The minimum absolute atomic E-state index is 0.250. The first-order chi connectivity index (χ1) is 12.2. The number of para-hydroxylation sites is 1. The summed E-state index contributed by atoms with van der Waals surface area (Å²) in [6, 6.07) is 13.2. The Morgan fingerprint density at radius 2 is 1.84 bits per heavy atom. The van der Waals surface area contributed by atoms with Crippen LogP contribution in [0, 0.1) is 11.6 Å². The number of nitrogens with zero attached hydrogens (tertiary/aromatic N) is 3. The number of fused-ring (bicyclic) bond motifs is 2. The van der Waals surface area contributed by atoms with Crippen molar-refractivity contribution in [3.8, 4) is 11.3 Å². The van der Waals surface area contributed by atoms with E-state index in [1.165, 1.54) is 12.4 Å². The average Bonchev–Trinajstić information content (AvgIpc) is 3.00. The molecule has 5 rings (SSSR count). The maximum atomic E-state index is 14.5. The standard InChI is InChI=1S/C19H12F2N4/c20-14-6-3-5-12(16(14)21)17-13-8-9-25-19(13)18(22-10-23-25)11-4-1-2-7-15(11)24-17/h1-10,17,24H. The van der Waals surface area contributed by atoms with Gasteiger partial charge < -0.3 is 5.32 Å². The molecule has 0 radical (unpaired) electrons. The number of nitrogens with one attached hydrogen (secondary N) is 1. The molecule has 0 bridgehead atoms. The number of aromatic nitrogens is 3. The zero-order chi connectivity index (χ0) is 17.0. The van der Waals surface area contributed by atoms with E-state index < -0.39 is 17.7 Å². The van der Waals surface area contributed by atoms with Crippen LogP contribution in [0.4, 0.5) is 14.5 Å². The van der Waals surface area contributed by atoms with E-state index in [-0.39, 0.29) is 5.56 Å². The summed E-state index contributed by atoms with van der Waals surface area (Å²) in [6.45, 7) is 0. The molecule has 0 fully saturated rings. The van der Waals surface area contributed by atoms with Crippen molar-refractivity contribution in [2.45, 2.75) is 6.04 Å². The van der Waals surface area contributed by atoms with Crippen LogP contribution in [0.2, 0.25) is 0 Å². The second-order valence-electron chi connectivity index (χ2n) is 5.94. The normalized spacial score (nSPS) is 15.5. The zero-order valence-corrected chi connectivity index (χ0v) is 12.9. The van der Waals surface area contributed by atoms with Crippen LogP contribution < -0.4 is 5.32 Å². The Bertz CT molecular complexity index is 1120. The lowest BCUT2D eigenvalue weighted by molar-refractivity contribution is 0.496. The summed E-state index contributed by atoms with van der Waals surface area (Å²) < 4.78 is 30.0. The van der Waals surface area contributed by atoms with E-state index in [1.807, 2.05) is 30.3 Å². The highest BCUT2D eigenvalue weighted by Gasteiger charge is 2.28. The molecule has 6 heteroatoms. The van der Waals surface area contributed by atoms with Crippen LogP contribution >= 0.6 is 0 Å². The summed E-state index contributed by atoms with van der Waals surface area (Å²) in [4.78, 5) is 4.44. The van der Waals surface area contributed by atoms with Crippen molar-refractivity contribution in [3.05, 3.63) is 83.8 Å². The number of halogens is 2. The Labute approximate surface area is 141 Å². The summed E-state index contributed by atoms with van der Waals surface area (Å²) >= 11 is 0. The Kier molecular flexibility index (Phi) is 2.88. The van der Waals surface area contributed by atoms with Gasteiger partial charge in [-0.2, -0.15) is 5.10 Å². The largest absolute Gasteiger partial charge is 0.373 e. The Balaban J connectivity index is 1.86. The smallest absolute Gasteiger partial charge is 0.164 e. The van der Waals surface area contributed by atoms with Gasteiger partial charge in [0.2, 0.25) is 0 Å². The number of hydrogen-bond donors (Lipinski definition) is 1. The van der Waals surface area contributed by atoms with Gasteiger partial charge >= 0.3 is 0 Å². The van der Waals surface area contributed by atoms with Gasteiger partial charge in [-0.05, 0) is 18.2 Å². The molecule has 2 aromatic carbocycles. The van der Waals surface area contributed by atoms with Gasteiger partial charge in [0.25, 0.3) is 0 Å². The molecule has 1 atom stereocenters. The van der Waals surface area contributed by atoms with E-state index in [0.717, 1.165) is 34.1 Å². The van der Waals surface area contributed by atoms with Crippen molar-refractivity contribution in [1.29, 1.82) is 0 Å². The van der Waals surface area contributed by atoms with Crippen molar-refractivity contribution in [3.63, 3.8) is 0 Å². The first-order valence-electron chi connectivity index (χ1n) is 7.86. The average molecular weight is 334 g/mol. The number of benzene rings is 2. The summed E-state index contributed by atoms with van der Waals surface area (Å²) in [6.07, 6.45) is 3.29. The van der Waals surface area contributed by atoms with E-state index in [0.29, 0.717) is 0 Å². The van der Waals surface area contributed by atoms with Crippen molar-refractivity contribution in [2.75, 3.05) is 5.32 Å². The molecule has 3 heterocycles. The van der Waals surface area contributed by atoms with Crippen LogP contribution in [-0.2, 0) is 0 Å². The SMILES string of the molecule is Fc1cccc(C2Nc3ccccc3-c3ncnn4ccc2c34)c1F. The van der Waals surface area contributed by atoms with Gasteiger partial charge in [0, 0.05) is 28.6 Å². The number of anilines is 1. The first kappa shape index (κ1) is 14.1. The second-order valence-corrected chi connectivity index (χ2v) is 5.94. The number of hydrogen-bond acceptors (Lipinski definition) is 3. The summed E-state index contributed by atoms with van der Waals surface area (Å²) in [7, 11) is 0. The molecular formula is C19H12F2N4. The Hall–Kier alpha value is -3.28. The Morgan fingerprint density at radius 3 is 2.76 bits per heavy atom. The van der Waals surface area contributed by atoms with Crippen LogP contribution in [0.3, 0.4) is 0 Å². The van der Waals surface area contributed by atoms with Crippen molar-refractivity contribution < 1.29 is 8.78 Å². The summed E-state index contributed by atoms with van der Waals surface area (Å²) in [5, 5.41) is 7.59. The molecule has 122 valence electrons. The molecule has 1 unspecified atom stereocenters. The molecule has 0 aliphatic carbocycles. The van der Waals surface area contributed by atoms with E-state index in [4.69, 9.17) is 0 Å². The van der Waals surface area contributed by atoms with Crippen LogP contribution in [-0.4, -0.2) is 14.6 Å². The van der Waals surface area contributed by atoms with Gasteiger partial charge in [-0.25, -0.2) is 18.3 Å². The quantitative estimate of drug-likeness (QED) is 0.567. The third-order valence-corrected chi connectivity index (χ3v) is 4.57. The van der Waals surface area contributed by atoms with Crippen molar-refractivity contribution >= 4 is 11.2 Å². The lowest BCUT2D eigenvalue weighted by atomic mass is 9.99. The maximum Gasteiger partial charge on any atom is 0.164 e. The van der Waals surface area contributed by atoms with Crippen LogP contribution in [0.1, 0.15) is 17.2 Å². The monoisotopic (exact) mass is 334 g/mol. The van der Waals surface area contributed by atoms with Gasteiger partial charge in [0.15, 0.2) is 11.6 Å².